The van der Waals surface area contributed by atoms with Crippen LogP contribution < -0.4 is 5.73 Å². The lowest BCUT2D eigenvalue weighted by Crippen LogP contribution is -2.49. The summed E-state index contributed by atoms with van der Waals surface area (Å²) in [6.07, 6.45) is 2.43. The zero-order valence-corrected chi connectivity index (χ0v) is 12.3. The van der Waals surface area contributed by atoms with E-state index in [9.17, 15) is 0 Å². The molecule has 0 amide bonds. The molecule has 1 aliphatic carbocycles. The fraction of sp³-hybridized carbons (Fsp3) is 0.529. The number of H-pyrrole nitrogens is 1. The summed E-state index contributed by atoms with van der Waals surface area (Å²) in [5.74, 6) is 1.28. The number of hydrogen-bond acceptors (Lipinski definition) is 2. The van der Waals surface area contributed by atoms with E-state index in [2.05, 4.69) is 42.1 Å². The van der Waals surface area contributed by atoms with Gasteiger partial charge in [0.25, 0.3) is 0 Å². The molecule has 3 N–H and O–H groups in total. The van der Waals surface area contributed by atoms with Crippen LogP contribution in [0.3, 0.4) is 0 Å². The highest BCUT2D eigenvalue weighted by Gasteiger charge is 2.39. The van der Waals surface area contributed by atoms with E-state index in [0.29, 0.717) is 17.9 Å². The van der Waals surface area contributed by atoms with Gasteiger partial charge in [-0.05, 0) is 56.5 Å². The van der Waals surface area contributed by atoms with Crippen LogP contribution in [0.4, 0.5) is 0 Å². The van der Waals surface area contributed by atoms with E-state index >= 15 is 0 Å². The lowest BCUT2D eigenvalue weighted by Gasteiger charge is -2.45. The van der Waals surface area contributed by atoms with Crippen LogP contribution >= 0.6 is 0 Å². The molecule has 0 unspecified atom stereocenters. The normalized spacial score (nSPS) is 29.6. The minimum atomic E-state index is 0.637. The second-order valence-electron chi connectivity index (χ2n) is 6.65. The van der Waals surface area contributed by atoms with E-state index in [0.717, 1.165) is 13.1 Å². The summed E-state index contributed by atoms with van der Waals surface area (Å²) in [5.41, 5.74) is 11.7. The molecule has 1 saturated heterocycles. The Bertz CT molecular complexity index is 658. The molecule has 0 saturated carbocycles. The standard InChI is InChI=1S/C17H23N3/c1-10-13-7-16-14(6-11(8-18)9-20(16)2)12-4-3-5-15(19-10)17(12)13/h3-5,11,14,16,19H,6-9,18H2,1-2H3/t11-,14+,16+/m0/s1. The van der Waals surface area contributed by atoms with E-state index in [1.165, 1.54) is 35.0 Å². The third-order valence-electron chi connectivity index (χ3n) is 5.48. The molecule has 0 spiro atoms. The number of aromatic amines is 1. The molecule has 3 heteroatoms. The fourth-order valence-electron chi connectivity index (χ4n) is 4.49. The molecule has 2 heterocycles. The van der Waals surface area contributed by atoms with E-state index in [1.54, 1.807) is 5.56 Å². The van der Waals surface area contributed by atoms with Crippen LogP contribution in [0.1, 0.15) is 29.2 Å². The largest absolute Gasteiger partial charge is 0.358 e. The fourth-order valence-corrected chi connectivity index (χ4v) is 4.49. The van der Waals surface area contributed by atoms with Crippen molar-refractivity contribution >= 4 is 10.9 Å². The van der Waals surface area contributed by atoms with E-state index in [4.69, 9.17) is 5.73 Å². The van der Waals surface area contributed by atoms with Crippen molar-refractivity contribution in [3.8, 4) is 0 Å². The summed E-state index contributed by atoms with van der Waals surface area (Å²) in [4.78, 5) is 6.11. The van der Waals surface area contributed by atoms with Crippen molar-refractivity contribution in [2.24, 2.45) is 11.7 Å². The first-order chi connectivity index (χ1) is 9.69. The van der Waals surface area contributed by atoms with Gasteiger partial charge in [0.1, 0.15) is 0 Å². The van der Waals surface area contributed by atoms with Crippen LogP contribution in [-0.2, 0) is 6.42 Å². The molecule has 3 atom stereocenters. The van der Waals surface area contributed by atoms with Gasteiger partial charge in [-0.2, -0.15) is 0 Å². The van der Waals surface area contributed by atoms with E-state index in [1.807, 2.05) is 0 Å². The molecule has 1 aliphatic heterocycles. The topological polar surface area (TPSA) is 45.1 Å². The summed E-state index contributed by atoms with van der Waals surface area (Å²) in [7, 11) is 2.27. The van der Waals surface area contributed by atoms with Crippen LogP contribution in [-0.4, -0.2) is 36.1 Å². The minimum Gasteiger partial charge on any atom is -0.358 e. The van der Waals surface area contributed by atoms with Crippen molar-refractivity contribution in [3.63, 3.8) is 0 Å². The summed E-state index contributed by atoms with van der Waals surface area (Å²) in [6, 6.07) is 7.39. The van der Waals surface area contributed by atoms with Gasteiger partial charge in [-0.1, -0.05) is 12.1 Å². The highest BCUT2D eigenvalue weighted by molar-refractivity contribution is 5.89. The highest BCUT2D eigenvalue weighted by Crippen LogP contribution is 2.44. The number of nitrogens with zero attached hydrogens (tertiary/aromatic N) is 1. The average Bonchev–Trinajstić information content (AvgIpc) is 2.77. The summed E-state index contributed by atoms with van der Waals surface area (Å²) in [5, 5.41) is 1.50. The summed E-state index contributed by atoms with van der Waals surface area (Å²) >= 11 is 0. The van der Waals surface area contributed by atoms with Crippen LogP contribution in [0.15, 0.2) is 18.2 Å². The third-order valence-corrected chi connectivity index (χ3v) is 5.48. The Morgan fingerprint density at radius 2 is 2.25 bits per heavy atom. The van der Waals surface area contributed by atoms with E-state index in [-0.39, 0.29) is 0 Å². The third kappa shape index (κ3) is 1.60. The average molecular weight is 269 g/mol. The Morgan fingerprint density at radius 3 is 3.05 bits per heavy atom. The highest BCUT2D eigenvalue weighted by atomic mass is 15.1. The molecule has 0 radical (unpaired) electrons. The second kappa shape index (κ2) is 4.34. The first-order valence-electron chi connectivity index (χ1n) is 7.69. The molecular formula is C17H23N3. The van der Waals surface area contributed by atoms with Crippen LogP contribution in [0.25, 0.3) is 10.9 Å². The number of likely N-dealkylation sites (tertiary alicyclic amines) is 1. The van der Waals surface area contributed by atoms with Crippen LogP contribution in [0, 0.1) is 12.8 Å². The number of piperidine rings is 1. The number of aromatic nitrogens is 1. The quantitative estimate of drug-likeness (QED) is 0.835. The molecule has 2 aromatic rings. The Labute approximate surface area is 120 Å². The zero-order chi connectivity index (χ0) is 13.9. The van der Waals surface area contributed by atoms with Gasteiger partial charge in [0, 0.05) is 35.1 Å². The number of hydrogen-bond donors (Lipinski definition) is 2. The molecular weight excluding hydrogens is 246 g/mol. The predicted octanol–water partition coefficient (Wildman–Crippen LogP) is 2.40. The van der Waals surface area contributed by atoms with Crippen molar-refractivity contribution in [2.75, 3.05) is 20.1 Å². The Balaban J connectivity index is 1.89. The first-order valence-corrected chi connectivity index (χ1v) is 7.69. The maximum absolute atomic E-state index is 5.95. The Morgan fingerprint density at radius 1 is 1.40 bits per heavy atom. The lowest BCUT2D eigenvalue weighted by atomic mass is 9.72. The second-order valence-corrected chi connectivity index (χ2v) is 6.65. The van der Waals surface area contributed by atoms with Gasteiger partial charge in [0.05, 0.1) is 0 Å². The molecule has 2 aliphatic rings. The van der Waals surface area contributed by atoms with Gasteiger partial charge in [-0.15, -0.1) is 0 Å². The van der Waals surface area contributed by atoms with Crippen molar-refractivity contribution < 1.29 is 0 Å². The number of fused-ring (bicyclic) bond motifs is 2. The molecule has 4 rings (SSSR count). The van der Waals surface area contributed by atoms with Gasteiger partial charge in [-0.25, -0.2) is 0 Å². The van der Waals surface area contributed by atoms with Crippen LogP contribution in [0.2, 0.25) is 0 Å². The Kier molecular flexibility index (Phi) is 2.69. The minimum absolute atomic E-state index is 0.637. The number of likely N-dealkylation sites (N-methyl/N-ethyl adjacent to an activating group) is 1. The van der Waals surface area contributed by atoms with Crippen LogP contribution in [0.5, 0.6) is 0 Å². The molecule has 0 bridgehead atoms. The predicted molar refractivity (Wildman–Crippen MR) is 83.1 cm³/mol. The van der Waals surface area contributed by atoms with Crippen molar-refractivity contribution in [2.45, 2.75) is 31.7 Å². The maximum atomic E-state index is 5.95. The summed E-state index contributed by atoms with van der Waals surface area (Å²) in [6.45, 7) is 4.17. The number of nitrogens with one attached hydrogen (secondary N) is 1. The van der Waals surface area contributed by atoms with E-state index < -0.39 is 0 Å². The van der Waals surface area contributed by atoms with Gasteiger partial charge in [-0.3, -0.25) is 0 Å². The summed E-state index contributed by atoms with van der Waals surface area (Å²) < 4.78 is 0. The number of rotatable bonds is 1. The smallest absolute Gasteiger partial charge is 0.0461 e. The Hall–Kier alpha value is -1.32. The number of aryl methyl sites for hydroxylation is 1. The molecule has 1 aromatic carbocycles. The van der Waals surface area contributed by atoms with Crippen molar-refractivity contribution in [3.05, 3.63) is 35.0 Å². The molecule has 1 aromatic heterocycles. The monoisotopic (exact) mass is 269 g/mol. The molecule has 20 heavy (non-hydrogen) atoms. The van der Waals surface area contributed by atoms with Crippen molar-refractivity contribution in [1.29, 1.82) is 0 Å². The number of benzene rings is 1. The molecule has 1 fully saturated rings. The SMILES string of the molecule is Cc1[nH]c2cccc3c2c1C[C@@H]1[C@@H]3C[C@@H](CN)CN1C. The van der Waals surface area contributed by atoms with Crippen molar-refractivity contribution in [1.82, 2.24) is 9.88 Å². The lowest BCUT2D eigenvalue weighted by molar-refractivity contribution is 0.115. The van der Waals surface area contributed by atoms with Gasteiger partial charge in [0.2, 0.25) is 0 Å². The molecule has 3 nitrogen and oxygen atoms in total. The zero-order valence-electron chi connectivity index (χ0n) is 12.3. The maximum Gasteiger partial charge on any atom is 0.0461 e. The number of nitrogens with two attached hydrogens (primary N) is 1. The first kappa shape index (κ1) is 12.4. The van der Waals surface area contributed by atoms with Gasteiger partial charge in [0.15, 0.2) is 0 Å². The van der Waals surface area contributed by atoms with Gasteiger partial charge >= 0.3 is 0 Å². The van der Waals surface area contributed by atoms with Gasteiger partial charge < -0.3 is 15.6 Å². The molecule has 106 valence electrons.